The second kappa shape index (κ2) is 8.13. The molecular formula is C23H26O3. The first kappa shape index (κ1) is 19.6. The fourth-order valence-electron chi connectivity index (χ4n) is 2.43. The summed E-state index contributed by atoms with van der Waals surface area (Å²) in [5.74, 6) is 0.0427. The minimum absolute atomic E-state index is 0.0111. The van der Waals surface area contributed by atoms with Crippen LogP contribution in [0.5, 0.6) is 0 Å². The fraction of sp³-hybridized carbons (Fsp3) is 0.304. The molecule has 0 amide bonds. The van der Waals surface area contributed by atoms with Crippen LogP contribution in [0, 0.1) is 0 Å². The summed E-state index contributed by atoms with van der Waals surface area (Å²) in [6.07, 6.45) is 3.08. The van der Waals surface area contributed by atoms with Crippen molar-refractivity contribution in [3.8, 4) is 0 Å². The molecule has 0 aromatic heterocycles. The van der Waals surface area contributed by atoms with Crippen molar-refractivity contribution < 1.29 is 14.3 Å². The van der Waals surface area contributed by atoms with E-state index in [2.05, 4.69) is 13.8 Å². The Morgan fingerprint density at radius 2 is 1.38 bits per heavy atom. The number of esters is 1. The smallest absolute Gasteiger partial charge is 0.331 e. The van der Waals surface area contributed by atoms with Gasteiger partial charge in [-0.15, -0.1) is 0 Å². The van der Waals surface area contributed by atoms with Gasteiger partial charge in [-0.3, -0.25) is 4.79 Å². The molecule has 2 aromatic carbocycles. The highest BCUT2D eigenvalue weighted by atomic mass is 16.6. The Morgan fingerprint density at radius 1 is 0.885 bits per heavy atom. The van der Waals surface area contributed by atoms with Crippen molar-refractivity contribution in [3.63, 3.8) is 0 Å². The molecule has 0 saturated heterocycles. The van der Waals surface area contributed by atoms with Crippen LogP contribution in [0.3, 0.4) is 0 Å². The zero-order chi connectivity index (χ0) is 19.3. The molecule has 3 heteroatoms. The Balaban J connectivity index is 2.06. The number of hydrogen-bond acceptors (Lipinski definition) is 3. The van der Waals surface area contributed by atoms with Crippen molar-refractivity contribution in [2.75, 3.05) is 0 Å². The van der Waals surface area contributed by atoms with Crippen LogP contribution < -0.4 is 0 Å². The van der Waals surface area contributed by atoms with Gasteiger partial charge in [0.15, 0.2) is 5.78 Å². The van der Waals surface area contributed by atoms with Crippen molar-refractivity contribution in [2.45, 2.75) is 46.1 Å². The second-order valence-corrected chi connectivity index (χ2v) is 7.59. The maximum absolute atomic E-state index is 12.6. The highest BCUT2D eigenvalue weighted by molar-refractivity contribution is 6.09. The van der Waals surface area contributed by atoms with Gasteiger partial charge in [0.2, 0.25) is 0 Å². The quantitative estimate of drug-likeness (QED) is 0.412. The minimum Gasteiger partial charge on any atom is -0.457 e. The number of rotatable bonds is 5. The molecule has 0 aliphatic carbocycles. The topological polar surface area (TPSA) is 43.4 Å². The van der Waals surface area contributed by atoms with E-state index in [1.807, 2.05) is 57.2 Å². The molecule has 0 bridgehead atoms. The van der Waals surface area contributed by atoms with Gasteiger partial charge in [0.1, 0.15) is 5.60 Å². The molecule has 0 aliphatic heterocycles. The molecule has 26 heavy (non-hydrogen) atoms. The van der Waals surface area contributed by atoms with Crippen molar-refractivity contribution in [2.24, 2.45) is 0 Å². The Kier molecular flexibility index (Phi) is 6.14. The van der Waals surface area contributed by atoms with E-state index in [-0.39, 0.29) is 11.8 Å². The first-order chi connectivity index (χ1) is 12.2. The van der Waals surface area contributed by atoms with E-state index in [9.17, 15) is 9.59 Å². The van der Waals surface area contributed by atoms with E-state index in [1.54, 1.807) is 18.2 Å². The molecule has 0 radical (unpaired) electrons. The van der Waals surface area contributed by atoms with Crippen LogP contribution in [-0.4, -0.2) is 17.4 Å². The normalized spacial score (nSPS) is 11.8. The molecule has 2 aromatic rings. The summed E-state index contributed by atoms with van der Waals surface area (Å²) >= 11 is 0. The summed E-state index contributed by atoms with van der Waals surface area (Å²) < 4.78 is 5.23. The van der Waals surface area contributed by atoms with Gasteiger partial charge >= 0.3 is 5.97 Å². The average molecular weight is 350 g/mol. The van der Waals surface area contributed by atoms with Gasteiger partial charge in [-0.2, -0.15) is 0 Å². The molecule has 2 rings (SSSR count). The predicted molar refractivity (Wildman–Crippen MR) is 105 cm³/mol. The lowest BCUT2D eigenvalue weighted by atomic mass is 9.97. The maximum atomic E-state index is 12.6. The molecule has 0 fully saturated rings. The summed E-state index contributed by atoms with van der Waals surface area (Å²) in [5.41, 5.74) is 2.83. The molecule has 0 heterocycles. The number of carbonyl (C=O) groups is 2. The molecule has 0 aliphatic rings. The lowest BCUT2D eigenvalue weighted by Gasteiger charge is -2.17. The fourth-order valence-corrected chi connectivity index (χ4v) is 2.43. The largest absolute Gasteiger partial charge is 0.457 e. The van der Waals surface area contributed by atoms with E-state index < -0.39 is 5.60 Å². The Bertz CT molecular complexity index is 789. The van der Waals surface area contributed by atoms with E-state index in [0.29, 0.717) is 17.0 Å². The van der Waals surface area contributed by atoms with Gasteiger partial charge in [-0.25, -0.2) is 4.79 Å². The van der Waals surface area contributed by atoms with Crippen LogP contribution in [0.25, 0.3) is 6.08 Å². The predicted octanol–water partition coefficient (Wildman–Crippen LogP) is 5.40. The highest BCUT2D eigenvalue weighted by Crippen LogP contribution is 2.17. The van der Waals surface area contributed by atoms with Crippen LogP contribution in [-0.2, 0) is 9.53 Å². The van der Waals surface area contributed by atoms with E-state index >= 15 is 0 Å². The zero-order valence-corrected chi connectivity index (χ0v) is 16.1. The van der Waals surface area contributed by atoms with Crippen molar-refractivity contribution in [1.29, 1.82) is 0 Å². The Labute approximate surface area is 155 Å². The molecular weight excluding hydrogens is 324 g/mol. The molecule has 0 unspecified atom stereocenters. The average Bonchev–Trinajstić information content (AvgIpc) is 2.58. The maximum Gasteiger partial charge on any atom is 0.331 e. The van der Waals surface area contributed by atoms with Gasteiger partial charge in [-0.1, -0.05) is 62.4 Å². The third-order valence-electron chi connectivity index (χ3n) is 3.83. The van der Waals surface area contributed by atoms with Gasteiger partial charge < -0.3 is 4.74 Å². The first-order valence-corrected chi connectivity index (χ1v) is 8.81. The monoisotopic (exact) mass is 350 g/mol. The summed E-state index contributed by atoms with van der Waals surface area (Å²) in [5, 5.41) is 0. The standard InChI is InChI=1S/C23H26O3/c1-16(2)18-11-13-20(14-12-18)22(25)19-9-6-17(7-10-19)8-15-21(24)26-23(3,4)5/h6-16H,1-5H3/b15-8+. The van der Waals surface area contributed by atoms with E-state index in [0.717, 1.165) is 5.56 Å². The number of ether oxygens (including phenoxy) is 1. The SMILES string of the molecule is CC(C)c1ccc(C(=O)c2ccc(/C=C/C(=O)OC(C)(C)C)cc2)cc1. The lowest BCUT2D eigenvalue weighted by molar-refractivity contribution is -0.148. The van der Waals surface area contributed by atoms with Crippen molar-refractivity contribution >= 4 is 17.8 Å². The molecule has 0 N–H and O–H groups in total. The molecule has 136 valence electrons. The summed E-state index contributed by atoms with van der Waals surface area (Å²) in [6.45, 7) is 9.73. The van der Waals surface area contributed by atoms with Crippen LogP contribution in [0.2, 0.25) is 0 Å². The first-order valence-electron chi connectivity index (χ1n) is 8.81. The van der Waals surface area contributed by atoms with E-state index in [1.165, 1.54) is 11.6 Å². The highest BCUT2D eigenvalue weighted by Gasteiger charge is 2.14. The zero-order valence-electron chi connectivity index (χ0n) is 16.1. The lowest BCUT2D eigenvalue weighted by Crippen LogP contribution is -2.22. The number of benzene rings is 2. The third-order valence-corrected chi connectivity index (χ3v) is 3.83. The summed E-state index contributed by atoms with van der Waals surface area (Å²) in [4.78, 5) is 24.3. The molecule has 0 saturated carbocycles. The Hall–Kier alpha value is -2.68. The van der Waals surface area contributed by atoms with Crippen LogP contribution in [0.4, 0.5) is 0 Å². The van der Waals surface area contributed by atoms with Crippen molar-refractivity contribution in [3.05, 3.63) is 76.9 Å². The molecule has 0 spiro atoms. The third kappa shape index (κ3) is 5.69. The molecule has 0 atom stereocenters. The van der Waals surface area contributed by atoms with E-state index in [4.69, 9.17) is 4.74 Å². The number of carbonyl (C=O) groups excluding carboxylic acids is 2. The number of ketones is 1. The summed E-state index contributed by atoms with van der Waals surface area (Å²) in [6, 6.07) is 14.9. The molecule has 3 nitrogen and oxygen atoms in total. The van der Waals surface area contributed by atoms with Crippen LogP contribution >= 0.6 is 0 Å². The van der Waals surface area contributed by atoms with Gasteiger partial charge in [0.05, 0.1) is 0 Å². The Morgan fingerprint density at radius 3 is 1.85 bits per heavy atom. The van der Waals surface area contributed by atoms with Crippen molar-refractivity contribution in [1.82, 2.24) is 0 Å². The minimum atomic E-state index is -0.511. The summed E-state index contributed by atoms with van der Waals surface area (Å²) in [7, 11) is 0. The van der Waals surface area contributed by atoms with Gasteiger partial charge in [0, 0.05) is 17.2 Å². The van der Waals surface area contributed by atoms with Gasteiger partial charge in [-0.05, 0) is 43.9 Å². The van der Waals surface area contributed by atoms with Crippen LogP contribution in [0.15, 0.2) is 54.6 Å². The number of hydrogen-bond donors (Lipinski definition) is 0. The van der Waals surface area contributed by atoms with Crippen LogP contribution in [0.1, 0.15) is 67.6 Å². The van der Waals surface area contributed by atoms with Gasteiger partial charge in [0.25, 0.3) is 0 Å². The second-order valence-electron chi connectivity index (χ2n) is 7.59.